The van der Waals surface area contributed by atoms with Crippen molar-refractivity contribution in [2.75, 3.05) is 13.1 Å². The van der Waals surface area contributed by atoms with E-state index in [4.69, 9.17) is 0 Å². The van der Waals surface area contributed by atoms with Crippen molar-refractivity contribution in [3.8, 4) is 0 Å². The Hall–Kier alpha value is -1.65. The molecule has 5 nitrogen and oxygen atoms in total. The van der Waals surface area contributed by atoms with Crippen LogP contribution < -0.4 is 5.56 Å². The van der Waals surface area contributed by atoms with Gasteiger partial charge in [0, 0.05) is 19.2 Å². The van der Waals surface area contributed by atoms with Gasteiger partial charge in [-0.1, -0.05) is 13.8 Å². The smallest absolute Gasteiger partial charge is 0.267 e. The van der Waals surface area contributed by atoms with Gasteiger partial charge >= 0.3 is 0 Å². The summed E-state index contributed by atoms with van der Waals surface area (Å²) in [6.45, 7) is 7.35. The average Bonchev–Trinajstić information content (AvgIpc) is 2.91. The van der Waals surface area contributed by atoms with Crippen molar-refractivity contribution in [2.24, 2.45) is 0 Å². The van der Waals surface area contributed by atoms with E-state index >= 15 is 0 Å². The van der Waals surface area contributed by atoms with Crippen molar-refractivity contribution < 1.29 is 4.79 Å². The van der Waals surface area contributed by atoms with Crippen molar-refractivity contribution in [2.45, 2.75) is 58.9 Å². The van der Waals surface area contributed by atoms with Crippen molar-refractivity contribution in [1.82, 2.24) is 14.7 Å². The molecule has 0 bridgehead atoms. The third-order valence-corrected chi connectivity index (χ3v) is 4.01. The fourth-order valence-electron chi connectivity index (χ4n) is 2.93. The van der Waals surface area contributed by atoms with E-state index in [1.807, 2.05) is 4.90 Å². The zero-order valence-electron chi connectivity index (χ0n) is 13.3. The lowest BCUT2D eigenvalue weighted by Crippen LogP contribution is -2.41. The van der Waals surface area contributed by atoms with Gasteiger partial charge in [0.05, 0.1) is 5.69 Å². The minimum Gasteiger partial charge on any atom is -0.341 e. The fraction of sp³-hybridized carbons (Fsp3) is 0.688. The minimum absolute atomic E-state index is 0.00810. The van der Waals surface area contributed by atoms with Gasteiger partial charge in [-0.2, -0.15) is 5.10 Å². The van der Waals surface area contributed by atoms with Crippen molar-refractivity contribution >= 4 is 5.91 Å². The third-order valence-electron chi connectivity index (χ3n) is 4.01. The van der Waals surface area contributed by atoms with Gasteiger partial charge in [0.2, 0.25) is 5.91 Å². The fourth-order valence-corrected chi connectivity index (χ4v) is 2.93. The second-order valence-corrected chi connectivity index (χ2v) is 5.75. The summed E-state index contributed by atoms with van der Waals surface area (Å²) in [5.74, 6) is -0.00810. The molecule has 0 aromatic carbocycles. The number of nitrogens with zero attached hydrogens (tertiary/aromatic N) is 3. The van der Waals surface area contributed by atoms with Gasteiger partial charge < -0.3 is 4.90 Å². The van der Waals surface area contributed by atoms with Crippen LogP contribution in [0.25, 0.3) is 0 Å². The van der Waals surface area contributed by atoms with E-state index in [9.17, 15) is 9.59 Å². The van der Waals surface area contributed by atoms with E-state index in [-0.39, 0.29) is 11.5 Å². The lowest BCUT2D eigenvalue weighted by Gasteiger charge is -2.25. The van der Waals surface area contributed by atoms with Crippen molar-refractivity contribution in [3.05, 3.63) is 27.7 Å². The molecular formula is C16H25N3O2. The molecule has 116 valence electrons. The highest BCUT2D eigenvalue weighted by atomic mass is 16.2. The van der Waals surface area contributed by atoms with E-state index in [2.05, 4.69) is 18.9 Å². The molecule has 21 heavy (non-hydrogen) atoms. The maximum atomic E-state index is 12.6. The van der Waals surface area contributed by atoms with Crippen LogP contribution >= 0.6 is 0 Å². The van der Waals surface area contributed by atoms with Crippen LogP contribution in [0.15, 0.2) is 10.9 Å². The van der Waals surface area contributed by atoms with E-state index in [1.54, 1.807) is 13.0 Å². The van der Waals surface area contributed by atoms with Crippen molar-refractivity contribution in [3.63, 3.8) is 0 Å². The van der Waals surface area contributed by atoms with Crippen LogP contribution in [-0.4, -0.2) is 33.7 Å². The Morgan fingerprint density at radius 2 is 2.00 bits per heavy atom. The molecule has 1 aliphatic rings. The first kappa shape index (κ1) is 15.7. The quantitative estimate of drug-likeness (QED) is 0.805. The third kappa shape index (κ3) is 3.34. The number of rotatable bonds is 6. The van der Waals surface area contributed by atoms with E-state index in [0.717, 1.165) is 56.5 Å². The monoisotopic (exact) mass is 291 g/mol. The number of carbonyl (C=O) groups is 1. The molecule has 0 aliphatic heterocycles. The molecule has 5 heteroatoms. The SMILES string of the molecule is CCCN(CCC)C(=O)C(C)n1nc2c(cc1=O)CCC2. The van der Waals surface area contributed by atoms with Gasteiger partial charge in [0.1, 0.15) is 6.04 Å². The van der Waals surface area contributed by atoms with Crippen LogP contribution in [0.3, 0.4) is 0 Å². The predicted octanol–water partition coefficient (Wildman–Crippen LogP) is 1.94. The summed E-state index contributed by atoms with van der Waals surface area (Å²) in [5, 5.41) is 4.43. The molecule has 1 amide bonds. The first-order valence-corrected chi connectivity index (χ1v) is 7.98. The molecule has 1 atom stereocenters. The van der Waals surface area contributed by atoms with Gasteiger partial charge in [-0.25, -0.2) is 4.68 Å². The second kappa shape index (κ2) is 6.87. The standard InChI is InChI=1S/C16H25N3O2/c1-4-9-18(10-5-2)16(21)12(3)19-15(20)11-13-7-6-8-14(13)17-19/h11-12H,4-10H2,1-3H3. The molecule has 1 aromatic heterocycles. The molecule has 0 saturated heterocycles. The van der Waals surface area contributed by atoms with Crippen LogP contribution in [0.2, 0.25) is 0 Å². The van der Waals surface area contributed by atoms with E-state index < -0.39 is 6.04 Å². The van der Waals surface area contributed by atoms with E-state index in [1.165, 1.54) is 4.68 Å². The Kier molecular flexibility index (Phi) is 5.15. The Balaban J connectivity index is 2.24. The van der Waals surface area contributed by atoms with Crippen LogP contribution in [0.1, 0.15) is 57.3 Å². The molecule has 0 N–H and O–H groups in total. The maximum Gasteiger partial charge on any atom is 0.267 e. The van der Waals surface area contributed by atoms with Crippen LogP contribution in [0.5, 0.6) is 0 Å². The molecule has 1 unspecified atom stereocenters. The highest BCUT2D eigenvalue weighted by Gasteiger charge is 2.24. The van der Waals surface area contributed by atoms with Crippen molar-refractivity contribution in [1.29, 1.82) is 0 Å². The molecule has 2 rings (SSSR count). The molecule has 0 saturated carbocycles. The summed E-state index contributed by atoms with van der Waals surface area (Å²) >= 11 is 0. The second-order valence-electron chi connectivity index (χ2n) is 5.75. The van der Waals surface area contributed by atoms with Gasteiger partial charge in [0.25, 0.3) is 5.56 Å². The summed E-state index contributed by atoms with van der Waals surface area (Å²) in [7, 11) is 0. The predicted molar refractivity (Wildman–Crippen MR) is 82.4 cm³/mol. The Morgan fingerprint density at radius 1 is 1.33 bits per heavy atom. The van der Waals surface area contributed by atoms with E-state index in [0.29, 0.717) is 0 Å². The molecular weight excluding hydrogens is 266 g/mol. The topological polar surface area (TPSA) is 55.2 Å². The van der Waals surface area contributed by atoms with Crippen LogP contribution in [0.4, 0.5) is 0 Å². The van der Waals surface area contributed by atoms with Crippen LogP contribution in [0, 0.1) is 0 Å². The molecule has 0 spiro atoms. The number of carbonyl (C=O) groups excluding carboxylic acids is 1. The van der Waals surface area contributed by atoms with Gasteiger partial charge in [-0.3, -0.25) is 9.59 Å². The first-order chi connectivity index (χ1) is 10.1. The van der Waals surface area contributed by atoms with Gasteiger partial charge in [-0.15, -0.1) is 0 Å². The zero-order chi connectivity index (χ0) is 15.4. The number of amides is 1. The summed E-state index contributed by atoms with van der Waals surface area (Å²) < 4.78 is 1.37. The number of aryl methyl sites for hydroxylation is 2. The van der Waals surface area contributed by atoms with Crippen LogP contribution in [-0.2, 0) is 17.6 Å². The number of aromatic nitrogens is 2. The lowest BCUT2D eigenvalue weighted by molar-refractivity contribution is -0.134. The highest BCUT2D eigenvalue weighted by Crippen LogP contribution is 2.18. The molecule has 1 heterocycles. The highest BCUT2D eigenvalue weighted by molar-refractivity contribution is 5.79. The van der Waals surface area contributed by atoms with Gasteiger partial charge in [0.15, 0.2) is 0 Å². The molecule has 0 radical (unpaired) electrons. The Bertz CT molecular complexity index is 559. The average molecular weight is 291 g/mol. The minimum atomic E-state index is -0.526. The van der Waals surface area contributed by atoms with Gasteiger partial charge in [-0.05, 0) is 44.6 Å². The summed E-state index contributed by atoms with van der Waals surface area (Å²) in [6.07, 6.45) is 4.73. The number of hydrogen-bond donors (Lipinski definition) is 0. The Labute approximate surface area is 126 Å². The molecule has 1 aromatic rings. The summed E-state index contributed by atoms with van der Waals surface area (Å²) in [6, 6.07) is 1.13. The Morgan fingerprint density at radius 3 is 2.62 bits per heavy atom. The lowest BCUT2D eigenvalue weighted by atomic mass is 10.2. The summed E-state index contributed by atoms with van der Waals surface area (Å²) in [5.41, 5.74) is 1.87. The summed E-state index contributed by atoms with van der Waals surface area (Å²) in [4.78, 5) is 26.6. The first-order valence-electron chi connectivity index (χ1n) is 7.98. The zero-order valence-corrected chi connectivity index (χ0v) is 13.3. The molecule has 1 aliphatic carbocycles. The molecule has 0 fully saturated rings. The number of fused-ring (bicyclic) bond motifs is 1. The maximum absolute atomic E-state index is 12.6. The largest absolute Gasteiger partial charge is 0.341 e. The number of hydrogen-bond acceptors (Lipinski definition) is 3. The normalized spacial score (nSPS) is 14.8.